The number of ether oxygens (including phenoxy) is 3. The molecule has 28 heavy (non-hydrogen) atoms. The Bertz CT molecular complexity index is 667. The Morgan fingerprint density at radius 1 is 1.11 bits per heavy atom. The van der Waals surface area contributed by atoms with Crippen LogP contribution in [0.1, 0.15) is 6.42 Å². The van der Waals surface area contributed by atoms with Gasteiger partial charge in [-0.1, -0.05) is 46.4 Å². The summed E-state index contributed by atoms with van der Waals surface area (Å²) in [7, 11) is 1.40. The molecule has 0 atom stereocenters. The van der Waals surface area contributed by atoms with E-state index in [0.29, 0.717) is 41.2 Å². The fourth-order valence-electron chi connectivity index (χ4n) is 2.70. The van der Waals surface area contributed by atoms with E-state index in [0.717, 1.165) is 26.1 Å². The maximum atomic E-state index is 11.5. The number of hydrogen-bond acceptors (Lipinski definition) is 5. The molecule has 0 N–H and O–H groups in total. The zero-order valence-corrected chi connectivity index (χ0v) is 18.5. The Morgan fingerprint density at radius 2 is 1.75 bits per heavy atom. The second kappa shape index (κ2) is 11.8. The first-order chi connectivity index (χ1) is 13.4. The molecule has 10 heteroatoms. The molecule has 1 saturated heterocycles. The third-order valence-electron chi connectivity index (χ3n) is 4.13. The van der Waals surface area contributed by atoms with Crippen molar-refractivity contribution in [2.24, 2.45) is 0 Å². The van der Waals surface area contributed by atoms with Crippen LogP contribution in [-0.2, 0) is 4.74 Å². The van der Waals surface area contributed by atoms with E-state index in [2.05, 4.69) is 4.90 Å². The fourth-order valence-corrected chi connectivity index (χ4v) is 3.41. The molecule has 0 radical (unpaired) electrons. The third kappa shape index (κ3) is 7.41. The Kier molecular flexibility index (Phi) is 9.82. The van der Waals surface area contributed by atoms with E-state index < -0.39 is 0 Å². The lowest BCUT2D eigenvalue weighted by molar-refractivity contribution is 0.0891. The molecule has 1 amide bonds. The van der Waals surface area contributed by atoms with Gasteiger partial charge in [-0.05, 0) is 12.5 Å². The van der Waals surface area contributed by atoms with E-state index in [1.54, 1.807) is 17.0 Å². The van der Waals surface area contributed by atoms with Crippen molar-refractivity contribution in [3.8, 4) is 11.5 Å². The minimum atomic E-state index is -0.276. The number of piperazine rings is 1. The first-order valence-corrected chi connectivity index (χ1v) is 10.2. The standard InChI is InChI=1S/C18H22Cl4N2O4/c1-26-18(25)24-7-5-23(6-8-24)4-2-9-28-17-14(19)11-13(12-15(17)20)27-10-3-16(21)22/h3,11-12H,2,4-10H2,1H3. The Balaban J connectivity index is 1.74. The van der Waals surface area contributed by atoms with Crippen LogP contribution in [0.4, 0.5) is 4.79 Å². The van der Waals surface area contributed by atoms with Crippen LogP contribution in [0.25, 0.3) is 0 Å². The number of halogens is 4. The largest absolute Gasteiger partial charge is 0.490 e. The molecule has 0 saturated carbocycles. The zero-order chi connectivity index (χ0) is 20.5. The average molecular weight is 472 g/mol. The highest BCUT2D eigenvalue weighted by atomic mass is 35.5. The van der Waals surface area contributed by atoms with Gasteiger partial charge in [0.15, 0.2) is 5.75 Å². The normalized spacial score (nSPS) is 14.5. The summed E-state index contributed by atoms with van der Waals surface area (Å²) in [5.74, 6) is 0.925. The van der Waals surface area contributed by atoms with Crippen molar-refractivity contribution in [3.05, 3.63) is 32.7 Å². The number of rotatable bonds is 8. The van der Waals surface area contributed by atoms with Gasteiger partial charge in [0.1, 0.15) is 16.8 Å². The summed E-state index contributed by atoms with van der Waals surface area (Å²) in [5, 5.41) is 0.741. The van der Waals surface area contributed by atoms with Gasteiger partial charge in [0.2, 0.25) is 0 Å². The summed E-state index contributed by atoms with van der Waals surface area (Å²) in [4.78, 5) is 15.5. The Labute approximate surface area is 184 Å². The van der Waals surface area contributed by atoms with Crippen LogP contribution in [0, 0.1) is 0 Å². The molecule has 2 rings (SSSR count). The number of hydrogen-bond donors (Lipinski definition) is 0. The van der Waals surface area contributed by atoms with Crippen molar-refractivity contribution in [1.29, 1.82) is 0 Å². The molecule has 6 nitrogen and oxygen atoms in total. The van der Waals surface area contributed by atoms with Gasteiger partial charge in [-0.2, -0.15) is 0 Å². The minimum Gasteiger partial charge on any atom is -0.490 e. The molecular weight excluding hydrogens is 450 g/mol. The smallest absolute Gasteiger partial charge is 0.409 e. The summed E-state index contributed by atoms with van der Waals surface area (Å²) in [6, 6.07) is 3.26. The van der Waals surface area contributed by atoms with E-state index in [1.807, 2.05) is 0 Å². The van der Waals surface area contributed by atoms with Gasteiger partial charge in [-0.3, -0.25) is 4.90 Å². The molecule has 156 valence electrons. The van der Waals surface area contributed by atoms with Gasteiger partial charge in [0.05, 0.1) is 23.8 Å². The predicted octanol–water partition coefficient (Wildman–Crippen LogP) is 4.84. The van der Waals surface area contributed by atoms with Crippen LogP contribution >= 0.6 is 46.4 Å². The number of carbonyl (C=O) groups excluding carboxylic acids is 1. The summed E-state index contributed by atoms with van der Waals surface area (Å²) in [6.07, 6.45) is 2.05. The Hall–Kier alpha value is -1.05. The Morgan fingerprint density at radius 3 is 2.32 bits per heavy atom. The summed E-state index contributed by atoms with van der Waals surface area (Å²) >= 11 is 23.6. The number of amides is 1. The molecular formula is C18H22Cl4N2O4. The van der Waals surface area contributed by atoms with Crippen LogP contribution in [0.3, 0.4) is 0 Å². The second-order valence-electron chi connectivity index (χ2n) is 6.02. The van der Waals surface area contributed by atoms with Gasteiger partial charge in [0, 0.05) is 44.9 Å². The molecule has 1 aromatic carbocycles. The van der Waals surface area contributed by atoms with Crippen LogP contribution in [0.2, 0.25) is 10.0 Å². The summed E-state index contributed by atoms with van der Waals surface area (Å²) < 4.78 is 16.1. The van der Waals surface area contributed by atoms with Crippen LogP contribution in [-0.4, -0.2) is 68.9 Å². The van der Waals surface area contributed by atoms with Gasteiger partial charge < -0.3 is 19.1 Å². The molecule has 1 aliphatic rings. The molecule has 0 unspecified atom stereocenters. The van der Waals surface area contributed by atoms with Crippen LogP contribution < -0.4 is 9.47 Å². The molecule has 0 spiro atoms. The van der Waals surface area contributed by atoms with Crippen molar-refractivity contribution < 1.29 is 19.0 Å². The van der Waals surface area contributed by atoms with E-state index in [1.165, 1.54) is 13.2 Å². The van der Waals surface area contributed by atoms with E-state index in [9.17, 15) is 4.79 Å². The van der Waals surface area contributed by atoms with Gasteiger partial charge in [0.25, 0.3) is 0 Å². The van der Waals surface area contributed by atoms with Crippen molar-refractivity contribution in [1.82, 2.24) is 9.80 Å². The lowest BCUT2D eigenvalue weighted by Crippen LogP contribution is -2.48. The molecule has 0 aromatic heterocycles. The van der Waals surface area contributed by atoms with Crippen LogP contribution in [0.15, 0.2) is 22.7 Å². The summed E-state index contributed by atoms with van der Waals surface area (Å²) in [6.45, 7) is 4.48. The number of methoxy groups -OCH3 is 1. The number of carbonyl (C=O) groups is 1. The maximum Gasteiger partial charge on any atom is 0.409 e. The number of nitrogens with zero attached hydrogens (tertiary/aromatic N) is 2. The third-order valence-corrected chi connectivity index (χ3v) is 5.00. The maximum absolute atomic E-state index is 11.5. The van der Waals surface area contributed by atoms with Gasteiger partial charge in [-0.15, -0.1) is 0 Å². The molecule has 1 heterocycles. The lowest BCUT2D eigenvalue weighted by Gasteiger charge is -2.33. The second-order valence-corrected chi connectivity index (χ2v) is 7.84. The highest BCUT2D eigenvalue weighted by Crippen LogP contribution is 2.37. The first-order valence-electron chi connectivity index (χ1n) is 8.71. The van der Waals surface area contributed by atoms with Crippen LogP contribution in [0.5, 0.6) is 11.5 Å². The zero-order valence-electron chi connectivity index (χ0n) is 15.4. The SMILES string of the molecule is COC(=O)N1CCN(CCCOc2c(Cl)cc(OCC=C(Cl)Cl)cc2Cl)CC1. The van der Waals surface area contributed by atoms with E-state index >= 15 is 0 Å². The monoisotopic (exact) mass is 470 g/mol. The fraction of sp³-hybridized carbons (Fsp3) is 0.500. The van der Waals surface area contributed by atoms with Crippen molar-refractivity contribution in [2.75, 3.05) is 53.0 Å². The van der Waals surface area contributed by atoms with E-state index in [4.69, 9.17) is 60.6 Å². The van der Waals surface area contributed by atoms with Gasteiger partial charge >= 0.3 is 6.09 Å². The van der Waals surface area contributed by atoms with Gasteiger partial charge in [-0.25, -0.2) is 4.79 Å². The van der Waals surface area contributed by atoms with Crippen molar-refractivity contribution in [2.45, 2.75) is 6.42 Å². The minimum absolute atomic E-state index is 0.129. The lowest BCUT2D eigenvalue weighted by atomic mass is 10.3. The highest BCUT2D eigenvalue weighted by Gasteiger charge is 2.21. The molecule has 1 aliphatic heterocycles. The molecule has 0 aliphatic carbocycles. The molecule has 1 fully saturated rings. The molecule has 0 bridgehead atoms. The average Bonchev–Trinajstić information content (AvgIpc) is 2.66. The quantitative estimate of drug-likeness (QED) is 0.507. The topological polar surface area (TPSA) is 51.2 Å². The first kappa shape index (κ1) is 23.2. The van der Waals surface area contributed by atoms with Crippen molar-refractivity contribution in [3.63, 3.8) is 0 Å². The van der Waals surface area contributed by atoms with E-state index in [-0.39, 0.29) is 17.2 Å². The predicted molar refractivity (Wildman–Crippen MR) is 112 cm³/mol. The summed E-state index contributed by atoms with van der Waals surface area (Å²) in [5.41, 5.74) is 0. The highest BCUT2D eigenvalue weighted by molar-refractivity contribution is 6.55. The van der Waals surface area contributed by atoms with Crippen molar-refractivity contribution >= 4 is 52.5 Å². The number of benzene rings is 1. The molecule has 1 aromatic rings.